The number of aliphatic hydroxyl groups is 1. The van der Waals surface area contributed by atoms with E-state index in [9.17, 15) is 9.90 Å². The molecule has 0 spiro atoms. The molecule has 0 radical (unpaired) electrons. The Morgan fingerprint density at radius 2 is 2.06 bits per heavy atom. The van der Waals surface area contributed by atoms with E-state index in [1.165, 1.54) is 0 Å². The van der Waals surface area contributed by atoms with Gasteiger partial charge in [0, 0.05) is 5.92 Å². The molecule has 92 valence electrons. The average molecular weight is 226 g/mol. The van der Waals surface area contributed by atoms with Crippen LogP contribution in [0.3, 0.4) is 0 Å². The van der Waals surface area contributed by atoms with Gasteiger partial charge in [0.1, 0.15) is 6.10 Å². The van der Waals surface area contributed by atoms with Crippen molar-refractivity contribution < 1.29 is 14.6 Å². The van der Waals surface area contributed by atoms with Gasteiger partial charge >= 0.3 is 5.97 Å². The SMILES string of the molecule is CCC(C)(C)C(=O)OC1CC2CC(O)C1C2. The van der Waals surface area contributed by atoms with Gasteiger partial charge in [-0.2, -0.15) is 0 Å². The lowest BCUT2D eigenvalue weighted by atomic mass is 9.89. The number of rotatable bonds is 3. The molecule has 0 heterocycles. The molecule has 16 heavy (non-hydrogen) atoms. The molecule has 0 aromatic heterocycles. The van der Waals surface area contributed by atoms with Crippen LogP contribution in [0.25, 0.3) is 0 Å². The minimum Gasteiger partial charge on any atom is -0.462 e. The third-order valence-corrected chi connectivity index (χ3v) is 4.41. The van der Waals surface area contributed by atoms with Crippen molar-refractivity contribution in [2.45, 2.75) is 58.7 Å². The van der Waals surface area contributed by atoms with E-state index in [0.717, 1.165) is 25.7 Å². The summed E-state index contributed by atoms with van der Waals surface area (Å²) < 4.78 is 5.57. The summed E-state index contributed by atoms with van der Waals surface area (Å²) in [5, 5.41) is 9.77. The summed E-state index contributed by atoms with van der Waals surface area (Å²) >= 11 is 0. The molecule has 4 unspecified atom stereocenters. The number of hydrogen-bond acceptors (Lipinski definition) is 3. The predicted octanol–water partition coefficient (Wildman–Crippen LogP) is 2.13. The van der Waals surface area contributed by atoms with Crippen molar-refractivity contribution in [3.05, 3.63) is 0 Å². The molecule has 2 aliphatic carbocycles. The van der Waals surface area contributed by atoms with Crippen LogP contribution in [0.1, 0.15) is 46.5 Å². The Morgan fingerprint density at radius 1 is 1.38 bits per heavy atom. The van der Waals surface area contributed by atoms with Gasteiger partial charge in [0.2, 0.25) is 0 Å². The van der Waals surface area contributed by atoms with Crippen LogP contribution in [0.5, 0.6) is 0 Å². The second kappa shape index (κ2) is 4.02. The lowest BCUT2D eigenvalue weighted by Crippen LogP contribution is -2.36. The Hall–Kier alpha value is -0.570. The van der Waals surface area contributed by atoms with E-state index < -0.39 is 5.41 Å². The highest BCUT2D eigenvalue weighted by molar-refractivity contribution is 5.76. The maximum Gasteiger partial charge on any atom is 0.311 e. The highest BCUT2D eigenvalue weighted by Gasteiger charge is 2.48. The van der Waals surface area contributed by atoms with Gasteiger partial charge < -0.3 is 9.84 Å². The van der Waals surface area contributed by atoms with Crippen molar-refractivity contribution in [3.63, 3.8) is 0 Å². The standard InChI is InChI=1S/C13H22O3/c1-4-13(2,3)12(15)16-11-7-8-5-9(11)10(14)6-8/h8-11,14H,4-7H2,1-3H3. The Kier molecular flexibility index (Phi) is 2.99. The number of carbonyl (C=O) groups is 1. The summed E-state index contributed by atoms with van der Waals surface area (Å²) in [6.45, 7) is 5.83. The highest BCUT2D eigenvalue weighted by Crippen LogP contribution is 2.46. The molecule has 0 saturated heterocycles. The van der Waals surface area contributed by atoms with Crippen LogP contribution in [0.2, 0.25) is 0 Å². The van der Waals surface area contributed by atoms with E-state index in [-0.39, 0.29) is 24.1 Å². The van der Waals surface area contributed by atoms with Crippen molar-refractivity contribution in [1.29, 1.82) is 0 Å². The molecule has 0 aromatic carbocycles. The maximum atomic E-state index is 11.9. The van der Waals surface area contributed by atoms with Crippen LogP contribution < -0.4 is 0 Å². The van der Waals surface area contributed by atoms with Crippen LogP contribution in [-0.4, -0.2) is 23.3 Å². The number of fused-ring (bicyclic) bond motifs is 2. The van der Waals surface area contributed by atoms with Crippen LogP contribution in [0.4, 0.5) is 0 Å². The second-order valence-corrected chi connectivity index (χ2v) is 5.99. The fraction of sp³-hybridized carbons (Fsp3) is 0.923. The lowest BCUT2D eigenvalue weighted by Gasteiger charge is -2.29. The normalized spacial score (nSPS) is 37.8. The fourth-order valence-electron chi connectivity index (χ4n) is 2.83. The molecular weight excluding hydrogens is 204 g/mol. The van der Waals surface area contributed by atoms with Crippen molar-refractivity contribution in [1.82, 2.24) is 0 Å². The summed E-state index contributed by atoms with van der Waals surface area (Å²) in [6, 6.07) is 0. The number of ether oxygens (including phenoxy) is 1. The van der Waals surface area contributed by atoms with Crippen molar-refractivity contribution in [2.75, 3.05) is 0 Å². The molecular formula is C13H22O3. The Balaban J connectivity index is 1.94. The first-order valence-electron chi connectivity index (χ1n) is 6.33. The van der Waals surface area contributed by atoms with E-state index in [1.54, 1.807) is 0 Å². The number of esters is 1. The number of hydrogen-bond donors (Lipinski definition) is 1. The molecule has 2 saturated carbocycles. The molecule has 2 aliphatic rings. The van der Waals surface area contributed by atoms with Gasteiger partial charge in [0.15, 0.2) is 0 Å². The first-order chi connectivity index (χ1) is 7.44. The Bertz CT molecular complexity index is 285. The lowest BCUT2D eigenvalue weighted by molar-refractivity contribution is -0.164. The largest absolute Gasteiger partial charge is 0.462 e. The van der Waals surface area contributed by atoms with Crippen molar-refractivity contribution in [3.8, 4) is 0 Å². The molecule has 2 rings (SSSR count). The first kappa shape index (κ1) is 11.9. The van der Waals surface area contributed by atoms with Crippen LogP contribution in [0, 0.1) is 17.3 Å². The summed E-state index contributed by atoms with van der Waals surface area (Å²) in [5.41, 5.74) is -0.396. The minimum absolute atomic E-state index is 0.0351. The molecule has 4 atom stereocenters. The Morgan fingerprint density at radius 3 is 2.56 bits per heavy atom. The van der Waals surface area contributed by atoms with Gasteiger partial charge in [0.05, 0.1) is 11.5 Å². The van der Waals surface area contributed by atoms with Gasteiger partial charge in [0.25, 0.3) is 0 Å². The van der Waals surface area contributed by atoms with Gasteiger partial charge in [-0.15, -0.1) is 0 Å². The first-order valence-corrected chi connectivity index (χ1v) is 6.33. The number of carbonyl (C=O) groups excluding carboxylic acids is 1. The van der Waals surface area contributed by atoms with Crippen molar-refractivity contribution in [2.24, 2.45) is 17.3 Å². The molecule has 0 aromatic rings. The zero-order valence-electron chi connectivity index (χ0n) is 10.4. The zero-order valence-corrected chi connectivity index (χ0v) is 10.4. The Labute approximate surface area is 97.2 Å². The predicted molar refractivity (Wildman–Crippen MR) is 60.8 cm³/mol. The quantitative estimate of drug-likeness (QED) is 0.750. The third kappa shape index (κ3) is 1.97. The van der Waals surface area contributed by atoms with E-state index in [1.807, 2.05) is 20.8 Å². The molecule has 0 aliphatic heterocycles. The summed E-state index contributed by atoms with van der Waals surface area (Å²) in [7, 11) is 0. The van der Waals surface area contributed by atoms with Crippen molar-refractivity contribution >= 4 is 5.97 Å². The molecule has 3 heteroatoms. The third-order valence-electron chi connectivity index (χ3n) is 4.41. The van der Waals surface area contributed by atoms with E-state index in [4.69, 9.17) is 4.74 Å². The van der Waals surface area contributed by atoms with Gasteiger partial charge in [-0.1, -0.05) is 6.92 Å². The van der Waals surface area contributed by atoms with Crippen LogP contribution >= 0.6 is 0 Å². The van der Waals surface area contributed by atoms with Crippen LogP contribution in [-0.2, 0) is 9.53 Å². The minimum atomic E-state index is -0.396. The molecule has 2 fully saturated rings. The van der Waals surface area contributed by atoms with Gasteiger partial charge in [-0.05, 0) is 45.4 Å². The summed E-state index contributed by atoms with van der Waals surface area (Å²) in [6.07, 6.45) is 3.39. The summed E-state index contributed by atoms with van der Waals surface area (Å²) in [5.74, 6) is 0.656. The van der Waals surface area contributed by atoms with Gasteiger partial charge in [-0.3, -0.25) is 4.79 Å². The fourth-order valence-corrected chi connectivity index (χ4v) is 2.83. The second-order valence-electron chi connectivity index (χ2n) is 5.99. The van der Waals surface area contributed by atoms with E-state index >= 15 is 0 Å². The average Bonchev–Trinajstić information content (AvgIpc) is 2.75. The smallest absolute Gasteiger partial charge is 0.311 e. The number of aliphatic hydroxyl groups excluding tert-OH is 1. The molecule has 1 N–H and O–H groups in total. The molecule has 3 nitrogen and oxygen atoms in total. The maximum absolute atomic E-state index is 11.9. The zero-order chi connectivity index (χ0) is 11.9. The monoisotopic (exact) mass is 226 g/mol. The topological polar surface area (TPSA) is 46.5 Å². The van der Waals surface area contributed by atoms with E-state index in [0.29, 0.717) is 5.92 Å². The van der Waals surface area contributed by atoms with Gasteiger partial charge in [-0.25, -0.2) is 0 Å². The molecule has 2 bridgehead atoms. The van der Waals surface area contributed by atoms with Crippen LogP contribution in [0.15, 0.2) is 0 Å². The van der Waals surface area contributed by atoms with E-state index in [2.05, 4.69) is 0 Å². The highest BCUT2D eigenvalue weighted by atomic mass is 16.5. The molecule has 0 amide bonds. The summed E-state index contributed by atoms with van der Waals surface area (Å²) in [4.78, 5) is 11.9.